The van der Waals surface area contributed by atoms with Crippen LogP contribution in [0.3, 0.4) is 0 Å². The van der Waals surface area contributed by atoms with Crippen molar-refractivity contribution in [1.82, 2.24) is 19.9 Å². The van der Waals surface area contributed by atoms with Gasteiger partial charge in [-0.15, -0.1) is 0 Å². The van der Waals surface area contributed by atoms with Gasteiger partial charge in [-0.1, -0.05) is 24.3 Å². The van der Waals surface area contributed by atoms with Gasteiger partial charge in [0.1, 0.15) is 46.8 Å². The Kier molecular flexibility index (Phi) is 6.82. The van der Waals surface area contributed by atoms with Crippen molar-refractivity contribution in [3.8, 4) is 17.6 Å². The number of benzene rings is 2. The predicted molar refractivity (Wildman–Crippen MR) is 138 cm³/mol. The average molecular weight is 511 g/mol. The number of anilines is 1. The molecule has 9 nitrogen and oxygen atoms in total. The summed E-state index contributed by atoms with van der Waals surface area (Å²) in [5, 5.41) is 12.9. The Hall–Kier alpha value is -5.04. The monoisotopic (exact) mass is 510 g/mol. The van der Waals surface area contributed by atoms with Crippen molar-refractivity contribution in [3.05, 3.63) is 89.6 Å². The molecule has 1 aliphatic heterocycles. The molecule has 0 saturated carbocycles. The third kappa shape index (κ3) is 4.82. The van der Waals surface area contributed by atoms with Crippen molar-refractivity contribution in [2.24, 2.45) is 0 Å². The van der Waals surface area contributed by atoms with Gasteiger partial charge in [-0.05, 0) is 37.6 Å². The number of hydrogen-bond acceptors (Lipinski definition) is 7. The number of nitriles is 1. The highest BCUT2D eigenvalue weighted by atomic mass is 19.1. The predicted octanol–water partition coefficient (Wildman–Crippen LogP) is 4.60. The quantitative estimate of drug-likeness (QED) is 0.211. The zero-order chi connectivity index (χ0) is 26.6. The van der Waals surface area contributed by atoms with Crippen molar-refractivity contribution in [2.75, 3.05) is 18.4 Å². The molecule has 1 saturated heterocycles. The van der Waals surface area contributed by atoms with E-state index < -0.39 is 11.6 Å². The minimum absolute atomic E-state index is 0.0933. The molecular formula is C28H23FN6O3. The molecule has 4 aromatic rings. The first-order valence-corrected chi connectivity index (χ1v) is 12.0. The molecule has 10 heteroatoms. The lowest BCUT2D eigenvalue weighted by Gasteiger charge is -2.17. The third-order valence-corrected chi connectivity index (χ3v) is 6.33. The van der Waals surface area contributed by atoms with Crippen molar-refractivity contribution >= 4 is 28.5 Å². The molecule has 0 bridgehead atoms. The third-order valence-electron chi connectivity index (χ3n) is 6.33. The molecule has 1 amide bonds. The van der Waals surface area contributed by atoms with Crippen LogP contribution in [0.5, 0.6) is 11.5 Å². The second-order valence-corrected chi connectivity index (χ2v) is 8.73. The number of rotatable bonds is 7. The number of allylic oxidation sites excluding steroid dienone is 1. The van der Waals surface area contributed by atoms with Crippen LogP contribution in [0.15, 0.2) is 72.7 Å². The van der Waals surface area contributed by atoms with E-state index in [0.29, 0.717) is 42.1 Å². The second kappa shape index (κ2) is 10.5. The maximum absolute atomic E-state index is 15.0. The molecule has 5 rings (SSSR count). The number of nitrogens with zero attached hydrogens (tertiary/aromatic N) is 4. The molecule has 2 aromatic carbocycles. The van der Waals surface area contributed by atoms with Gasteiger partial charge >= 0.3 is 0 Å². The smallest absolute Gasteiger partial charge is 0.264 e. The Labute approximate surface area is 217 Å². The molecule has 1 fully saturated rings. The summed E-state index contributed by atoms with van der Waals surface area (Å²) in [6.07, 6.45) is 4.96. The van der Waals surface area contributed by atoms with Crippen LogP contribution in [0.25, 0.3) is 11.0 Å². The summed E-state index contributed by atoms with van der Waals surface area (Å²) in [7, 11) is 0. The van der Waals surface area contributed by atoms with Crippen LogP contribution in [0.4, 0.5) is 10.2 Å². The number of para-hydroxylation sites is 1. The number of ether oxygens (including phenoxy) is 1. The molecule has 2 aromatic heterocycles. The lowest BCUT2D eigenvalue weighted by Crippen LogP contribution is -2.32. The van der Waals surface area contributed by atoms with Crippen LogP contribution in [0.1, 0.15) is 29.3 Å². The number of aromatic nitrogens is 3. The van der Waals surface area contributed by atoms with Gasteiger partial charge in [0, 0.05) is 31.4 Å². The maximum Gasteiger partial charge on any atom is 0.264 e. The molecule has 0 aliphatic carbocycles. The minimum atomic E-state index is -0.716. The van der Waals surface area contributed by atoms with Gasteiger partial charge in [0.2, 0.25) is 0 Å². The van der Waals surface area contributed by atoms with E-state index in [1.165, 1.54) is 36.8 Å². The van der Waals surface area contributed by atoms with Gasteiger partial charge in [0.25, 0.3) is 5.91 Å². The summed E-state index contributed by atoms with van der Waals surface area (Å²) in [5.41, 5.74) is 0.609. The van der Waals surface area contributed by atoms with E-state index in [4.69, 9.17) is 10.00 Å². The SMILES string of the molecule is C/C=C(\C#N)C(=O)N1CCC(Nc2ncnc3[nH]cc(C(=O)c4ccc(Oc5ccccc5)cc4F)c23)C1. The molecule has 1 unspecified atom stereocenters. The molecule has 1 atom stereocenters. The van der Waals surface area contributed by atoms with E-state index >= 15 is 4.39 Å². The van der Waals surface area contributed by atoms with E-state index in [1.807, 2.05) is 12.1 Å². The van der Waals surface area contributed by atoms with E-state index in [-0.39, 0.29) is 34.4 Å². The van der Waals surface area contributed by atoms with E-state index in [0.717, 1.165) is 0 Å². The van der Waals surface area contributed by atoms with Crippen LogP contribution in [0.2, 0.25) is 0 Å². The summed E-state index contributed by atoms with van der Waals surface area (Å²) < 4.78 is 20.7. The summed E-state index contributed by atoms with van der Waals surface area (Å²) in [6.45, 7) is 2.50. The number of carbonyl (C=O) groups excluding carboxylic acids is 2. The van der Waals surface area contributed by atoms with Crippen LogP contribution in [0, 0.1) is 17.1 Å². The number of halogens is 1. The fourth-order valence-electron chi connectivity index (χ4n) is 4.43. The van der Waals surface area contributed by atoms with Gasteiger partial charge in [0.05, 0.1) is 16.5 Å². The number of carbonyl (C=O) groups is 2. The lowest BCUT2D eigenvalue weighted by atomic mass is 10.0. The number of hydrogen-bond donors (Lipinski definition) is 2. The van der Waals surface area contributed by atoms with E-state index in [1.54, 1.807) is 36.1 Å². The van der Waals surface area contributed by atoms with Crippen molar-refractivity contribution in [3.63, 3.8) is 0 Å². The van der Waals surface area contributed by atoms with E-state index in [2.05, 4.69) is 20.3 Å². The molecule has 38 heavy (non-hydrogen) atoms. The first-order chi connectivity index (χ1) is 18.5. The Balaban J connectivity index is 1.38. The number of fused-ring (bicyclic) bond motifs is 1. The number of ketones is 1. The number of aromatic amines is 1. The highest BCUT2D eigenvalue weighted by molar-refractivity contribution is 6.18. The van der Waals surface area contributed by atoms with Crippen molar-refractivity contribution in [1.29, 1.82) is 5.26 Å². The highest BCUT2D eigenvalue weighted by Gasteiger charge is 2.29. The Bertz CT molecular complexity index is 1590. The normalized spacial score (nSPS) is 15.3. The second-order valence-electron chi connectivity index (χ2n) is 8.73. The molecular weight excluding hydrogens is 487 g/mol. The Morgan fingerprint density at radius 3 is 2.74 bits per heavy atom. The zero-order valence-electron chi connectivity index (χ0n) is 20.4. The molecule has 0 spiro atoms. The largest absolute Gasteiger partial charge is 0.457 e. The Morgan fingerprint density at radius 1 is 1.18 bits per heavy atom. The minimum Gasteiger partial charge on any atom is -0.457 e. The van der Waals surface area contributed by atoms with Gasteiger partial charge in [-0.3, -0.25) is 9.59 Å². The van der Waals surface area contributed by atoms with Crippen molar-refractivity contribution in [2.45, 2.75) is 19.4 Å². The van der Waals surface area contributed by atoms with Crippen LogP contribution < -0.4 is 10.1 Å². The number of nitrogens with one attached hydrogen (secondary N) is 2. The van der Waals surface area contributed by atoms with Gasteiger partial charge in [-0.2, -0.15) is 5.26 Å². The number of amides is 1. The molecule has 190 valence electrons. The number of likely N-dealkylation sites (tertiary alicyclic amines) is 1. The maximum atomic E-state index is 15.0. The molecule has 1 aliphatic rings. The standard InChI is InChI=1S/C28H23FN6O3/c1-2-17(13-30)28(37)35-11-10-18(15-35)34-27-24-22(14-31-26(24)32-16-33-27)25(36)21-9-8-20(12-23(21)29)38-19-6-4-3-5-7-19/h2-9,12,14,16,18H,10-11,15H2,1H3,(H2,31,32,33,34)/b17-2+. The summed E-state index contributed by atoms with van der Waals surface area (Å²) in [4.78, 5) is 39.0. The fourth-order valence-corrected chi connectivity index (χ4v) is 4.43. The molecule has 0 radical (unpaired) electrons. The van der Waals surface area contributed by atoms with Crippen LogP contribution in [-0.4, -0.2) is 50.7 Å². The van der Waals surface area contributed by atoms with Crippen molar-refractivity contribution < 1.29 is 18.7 Å². The topological polar surface area (TPSA) is 124 Å². The molecule has 3 heterocycles. The summed E-state index contributed by atoms with van der Waals surface area (Å²) >= 11 is 0. The average Bonchev–Trinajstić information content (AvgIpc) is 3.58. The van der Waals surface area contributed by atoms with Gasteiger partial charge < -0.3 is 19.9 Å². The summed E-state index contributed by atoms with van der Waals surface area (Å²) in [5.74, 6) is -0.348. The van der Waals surface area contributed by atoms with Gasteiger partial charge in [-0.25, -0.2) is 14.4 Å². The highest BCUT2D eigenvalue weighted by Crippen LogP contribution is 2.30. The fraction of sp³-hybridized carbons (Fsp3) is 0.179. The van der Waals surface area contributed by atoms with E-state index in [9.17, 15) is 9.59 Å². The lowest BCUT2D eigenvalue weighted by molar-refractivity contribution is -0.125. The van der Waals surface area contributed by atoms with Crippen LogP contribution >= 0.6 is 0 Å². The first kappa shape index (κ1) is 24.6. The summed E-state index contributed by atoms with van der Waals surface area (Å²) in [6, 6.07) is 14.8. The zero-order valence-corrected chi connectivity index (χ0v) is 20.4. The van der Waals surface area contributed by atoms with Crippen LogP contribution in [-0.2, 0) is 4.79 Å². The molecule has 2 N–H and O–H groups in total. The van der Waals surface area contributed by atoms with Gasteiger partial charge in [0.15, 0.2) is 5.78 Å². The number of H-pyrrole nitrogens is 1. The Morgan fingerprint density at radius 2 is 2.00 bits per heavy atom. The first-order valence-electron chi connectivity index (χ1n) is 12.0.